The number of hydrogen-bond donors (Lipinski definition) is 1. The Morgan fingerprint density at radius 1 is 1.35 bits per heavy atom. The van der Waals surface area contributed by atoms with Crippen LogP contribution in [0.5, 0.6) is 0 Å². The first-order valence-electron chi connectivity index (χ1n) is 6.24. The Balaban J connectivity index is 2.15. The first-order valence-corrected chi connectivity index (χ1v) is 7.03. The standard InChI is InChI=1S/C15H17BrN2O2/c1-15(17,11-5-7-12(16)8-6-11)14(19)18(2)10-13-4-3-9-20-13/h3-9H,10,17H2,1-2H3. The smallest absolute Gasteiger partial charge is 0.247 e. The fourth-order valence-electron chi connectivity index (χ4n) is 2.02. The van der Waals surface area contributed by atoms with Crippen molar-refractivity contribution in [1.29, 1.82) is 0 Å². The van der Waals surface area contributed by atoms with E-state index in [9.17, 15) is 4.79 Å². The minimum atomic E-state index is -1.07. The van der Waals surface area contributed by atoms with Crippen molar-refractivity contribution in [3.63, 3.8) is 0 Å². The van der Waals surface area contributed by atoms with E-state index >= 15 is 0 Å². The molecule has 1 atom stereocenters. The van der Waals surface area contributed by atoms with E-state index < -0.39 is 5.54 Å². The molecule has 1 aromatic heterocycles. The average molecular weight is 337 g/mol. The zero-order chi connectivity index (χ0) is 14.8. The number of benzene rings is 1. The van der Waals surface area contributed by atoms with Gasteiger partial charge in [-0.05, 0) is 36.8 Å². The monoisotopic (exact) mass is 336 g/mol. The first-order chi connectivity index (χ1) is 9.41. The lowest BCUT2D eigenvalue weighted by atomic mass is 9.92. The third-order valence-electron chi connectivity index (χ3n) is 3.21. The number of carbonyl (C=O) groups excluding carboxylic acids is 1. The summed E-state index contributed by atoms with van der Waals surface area (Å²) in [7, 11) is 1.72. The number of rotatable bonds is 4. The Hall–Kier alpha value is -1.59. The quantitative estimate of drug-likeness (QED) is 0.933. The molecule has 1 amide bonds. The highest BCUT2D eigenvalue weighted by Crippen LogP contribution is 2.23. The third-order valence-corrected chi connectivity index (χ3v) is 3.74. The molecule has 0 saturated carbocycles. The van der Waals surface area contributed by atoms with Gasteiger partial charge < -0.3 is 15.1 Å². The van der Waals surface area contributed by atoms with Crippen molar-refractivity contribution in [1.82, 2.24) is 4.90 Å². The Morgan fingerprint density at radius 3 is 2.55 bits per heavy atom. The van der Waals surface area contributed by atoms with Gasteiger partial charge in [-0.15, -0.1) is 0 Å². The minimum Gasteiger partial charge on any atom is -0.467 e. The van der Waals surface area contributed by atoms with Gasteiger partial charge in [0.15, 0.2) is 0 Å². The highest BCUT2D eigenvalue weighted by molar-refractivity contribution is 9.10. The van der Waals surface area contributed by atoms with E-state index in [0.29, 0.717) is 6.54 Å². The molecule has 0 fully saturated rings. The number of halogens is 1. The van der Waals surface area contributed by atoms with Crippen LogP contribution in [0, 0.1) is 0 Å². The van der Waals surface area contributed by atoms with Gasteiger partial charge in [0, 0.05) is 11.5 Å². The van der Waals surface area contributed by atoms with Gasteiger partial charge in [0.2, 0.25) is 5.91 Å². The second-order valence-electron chi connectivity index (χ2n) is 4.95. The molecule has 4 nitrogen and oxygen atoms in total. The molecule has 0 radical (unpaired) electrons. The highest BCUT2D eigenvalue weighted by Gasteiger charge is 2.33. The maximum atomic E-state index is 12.5. The van der Waals surface area contributed by atoms with Crippen LogP contribution in [0.15, 0.2) is 51.6 Å². The van der Waals surface area contributed by atoms with Crippen molar-refractivity contribution in [2.24, 2.45) is 5.73 Å². The molecule has 0 bridgehead atoms. The molecular formula is C15H17BrN2O2. The van der Waals surface area contributed by atoms with Gasteiger partial charge in [0.25, 0.3) is 0 Å². The fourth-order valence-corrected chi connectivity index (χ4v) is 2.29. The second-order valence-corrected chi connectivity index (χ2v) is 5.87. The van der Waals surface area contributed by atoms with E-state index in [1.165, 1.54) is 0 Å². The number of furan rings is 1. The molecule has 0 saturated heterocycles. The van der Waals surface area contributed by atoms with Gasteiger partial charge in [-0.25, -0.2) is 0 Å². The molecule has 20 heavy (non-hydrogen) atoms. The lowest BCUT2D eigenvalue weighted by Gasteiger charge is -2.29. The van der Waals surface area contributed by atoms with Crippen LogP contribution in [-0.2, 0) is 16.9 Å². The molecule has 1 unspecified atom stereocenters. The average Bonchev–Trinajstić information content (AvgIpc) is 2.91. The summed E-state index contributed by atoms with van der Waals surface area (Å²) in [5.74, 6) is 0.573. The molecule has 0 aliphatic heterocycles. The lowest BCUT2D eigenvalue weighted by Crippen LogP contribution is -2.49. The Kier molecular flexibility index (Phi) is 4.30. The van der Waals surface area contributed by atoms with Crippen LogP contribution in [0.25, 0.3) is 0 Å². The van der Waals surface area contributed by atoms with E-state index in [0.717, 1.165) is 15.8 Å². The largest absolute Gasteiger partial charge is 0.467 e. The molecule has 2 N–H and O–H groups in total. The first kappa shape index (κ1) is 14.8. The molecule has 5 heteroatoms. The minimum absolute atomic E-state index is 0.156. The van der Waals surface area contributed by atoms with Crippen LogP contribution >= 0.6 is 15.9 Å². The molecule has 106 valence electrons. The van der Waals surface area contributed by atoms with E-state index in [4.69, 9.17) is 10.2 Å². The number of amides is 1. The summed E-state index contributed by atoms with van der Waals surface area (Å²) in [6.07, 6.45) is 1.59. The normalized spacial score (nSPS) is 13.8. The maximum absolute atomic E-state index is 12.5. The predicted molar refractivity (Wildman–Crippen MR) is 80.9 cm³/mol. The van der Waals surface area contributed by atoms with Gasteiger partial charge in [-0.1, -0.05) is 28.1 Å². The van der Waals surface area contributed by atoms with E-state index in [-0.39, 0.29) is 5.91 Å². The number of nitrogens with zero attached hydrogens (tertiary/aromatic N) is 1. The zero-order valence-electron chi connectivity index (χ0n) is 11.5. The van der Waals surface area contributed by atoms with Crippen LogP contribution in [0.1, 0.15) is 18.2 Å². The number of hydrogen-bond acceptors (Lipinski definition) is 3. The fraction of sp³-hybridized carbons (Fsp3) is 0.267. The summed E-state index contributed by atoms with van der Waals surface area (Å²) in [6, 6.07) is 11.1. The topological polar surface area (TPSA) is 59.5 Å². The van der Waals surface area contributed by atoms with Gasteiger partial charge in [-0.2, -0.15) is 0 Å². The van der Waals surface area contributed by atoms with Crippen molar-refractivity contribution in [2.45, 2.75) is 19.0 Å². The SMILES string of the molecule is CN(Cc1ccco1)C(=O)C(C)(N)c1ccc(Br)cc1. The molecular weight excluding hydrogens is 320 g/mol. The summed E-state index contributed by atoms with van der Waals surface area (Å²) >= 11 is 3.37. The summed E-state index contributed by atoms with van der Waals surface area (Å²) in [6.45, 7) is 2.12. The Morgan fingerprint density at radius 2 is 2.00 bits per heavy atom. The second kappa shape index (κ2) is 5.81. The molecule has 0 spiro atoms. The molecule has 0 aliphatic carbocycles. The van der Waals surface area contributed by atoms with Crippen LogP contribution in [0.3, 0.4) is 0 Å². The van der Waals surface area contributed by atoms with Gasteiger partial charge in [0.1, 0.15) is 11.3 Å². The number of likely N-dealkylation sites (N-methyl/N-ethyl adjacent to an activating group) is 1. The summed E-state index contributed by atoms with van der Waals surface area (Å²) in [5, 5.41) is 0. The number of nitrogens with two attached hydrogens (primary N) is 1. The van der Waals surface area contributed by atoms with Crippen LogP contribution in [0.2, 0.25) is 0 Å². The summed E-state index contributed by atoms with van der Waals surface area (Å²) in [4.78, 5) is 14.1. The van der Waals surface area contributed by atoms with Crippen LogP contribution in [0.4, 0.5) is 0 Å². The lowest BCUT2D eigenvalue weighted by molar-refractivity contribution is -0.136. The predicted octanol–water partition coefficient (Wildman–Crippen LogP) is 2.87. The molecule has 1 aromatic carbocycles. The molecule has 2 rings (SSSR count). The van der Waals surface area contributed by atoms with Crippen LogP contribution in [-0.4, -0.2) is 17.9 Å². The molecule has 1 heterocycles. The van der Waals surface area contributed by atoms with Crippen molar-refractivity contribution in [3.8, 4) is 0 Å². The van der Waals surface area contributed by atoms with E-state index in [2.05, 4.69) is 15.9 Å². The van der Waals surface area contributed by atoms with Crippen molar-refractivity contribution < 1.29 is 9.21 Å². The van der Waals surface area contributed by atoms with Crippen molar-refractivity contribution in [3.05, 3.63) is 58.5 Å². The highest BCUT2D eigenvalue weighted by atomic mass is 79.9. The maximum Gasteiger partial charge on any atom is 0.247 e. The summed E-state index contributed by atoms with van der Waals surface area (Å²) in [5.41, 5.74) is 5.93. The van der Waals surface area contributed by atoms with Gasteiger partial charge >= 0.3 is 0 Å². The van der Waals surface area contributed by atoms with Crippen molar-refractivity contribution >= 4 is 21.8 Å². The van der Waals surface area contributed by atoms with Gasteiger partial charge in [-0.3, -0.25) is 4.79 Å². The van der Waals surface area contributed by atoms with E-state index in [1.807, 2.05) is 30.3 Å². The number of carbonyl (C=O) groups is 1. The van der Waals surface area contributed by atoms with Gasteiger partial charge in [0.05, 0.1) is 12.8 Å². The van der Waals surface area contributed by atoms with E-state index in [1.54, 1.807) is 31.2 Å². The Labute approximate surface area is 126 Å². The van der Waals surface area contributed by atoms with Crippen molar-refractivity contribution in [2.75, 3.05) is 7.05 Å². The Bertz CT molecular complexity index is 576. The van der Waals surface area contributed by atoms with Crippen LogP contribution < -0.4 is 5.73 Å². The zero-order valence-corrected chi connectivity index (χ0v) is 13.1. The molecule has 0 aliphatic rings. The third kappa shape index (κ3) is 3.11. The summed E-state index contributed by atoms with van der Waals surface area (Å²) < 4.78 is 6.20. The molecule has 2 aromatic rings.